The van der Waals surface area contributed by atoms with Crippen LogP contribution in [0.4, 0.5) is 0 Å². The lowest BCUT2D eigenvalue weighted by atomic mass is 10.1. The molecular weight excluding hydrogens is 366 g/mol. The molecule has 1 unspecified atom stereocenters. The van der Waals surface area contributed by atoms with Crippen LogP contribution in [-0.4, -0.2) is 68.1 Å². The van der Waals surface area contributed by atoms with Crippen molar-refractivity contribution in [2.45, 2.75) is 43.6 Å². The van der Waals surface area contributed by atoms with Gasteiger partial charge < -0.3 is 10.2 Å². The van der Waals surface area contributed by atoms with Crippen molar-refractivity contribution in [3.63, 3.8) is 0 Å². The maximum atomic E-state index is 12.5. The molecule has 0 spiro atoms. The summed E-state index contributed by atoms with van der Waals surface area (Å²) in [6.45, 7) is 1.91. The normalized spacial score (nSPS) is 16.8. The predicted molar refractivity (Wildman–Crippen MR) is 103 cm³/mol. The standard InChI is InChI=1S/C17H25N7O2S/c1-22(2)8-9-24-17(26)23-7-6-13(4-5-14(23)21-24)20-15(25)12-10-18-16(27-3)19-11-12/h10-11,13H,4-9H2,1-3H3,(H,20,25). The molecule has 27 heavy (non-hydrogen) atoms. The van der Waals surface area contributed by atoms with Gasteiger partial charge in [-0.05, 0) is 33.2 Å². The molecule has 0 bridgehead atoms. The number of aryl methyl sites for hydroxylation is 1. The van der Waals surface area contributed by atoms with Gasteiger partial charge in [0.2, 0.25) is 0 Å². The number of hydrogen-bond acceptors (Lipinski definition) is 7. The van der Waals surface area contributed by atoms with E-state index >= 15 is 0 Å². The van der Waals surface area contributed by atoms with Gasteiger partial charge in [0.15, 0.2) is 5.16 Å². The molecule has 3 rings (SSSR count). The number of fused-ring (bicyclic) bond motifs is 1. The van der Waals surface area contributed by atoms with E-state index in [2.05, 4.69) is 20.4 Å². The van der Waals surface area contributed by atoms with Crippen molar-refractivity contribution in [2.24, 2.45) is 0 Å². The minimum atomic E-state index is -0.185. The molecule has 1 amide bonds. The highest BCUT2D eigenvalue weighted by atomic mass is 32.2. The monoisotopic (exact) mass is 391 g/mol. The molecule has 146 valence electrons. The van der Waals surface area contributed by atoms with E-state index in [0.717, 1.165) is 18.8 Å². The van der Waals surface area contributed by atoms with Gasteiger partial charge in [0.1, 0.15) is 5.82 Å². The molecule has 1 aliphatic rings. The number of likely N-dealkylation sites (N-methyl/N-ethyl adjacent to an activating group) is 1. The molecule has 1 aliphatic heterocycles. The molecule has 0 aliphatic carbocycles. The number of rotatable bonds is 6. The minimum Gasteiger partial charge on any atom is -0.349 e. The zero-order valence-electron chi connectivity index (χ0n) is 15.9. The summed E-state index contributed by atoms with van der Waals surface area (Å²) in [6.07, 6.45) is 7.08. The average molecular weight is 392 g/mol. The van der Waals surface area contributed by atoms with Crippen molar-refractivity contribution in [1.82, 2.24) is 34.5 Å². The molecule has 0 radical (unpaired) electrons. The first-order chi connectivity index (χ1) is 13.0. The van der Waals surface area contributed by atoms with Gasteiger partial charge in [0.25, 0.3) is 5.91 Å². The molecule has 0 saturated carbocycles. The summed E-state index contributed by atoms with van der Waals surface area (Å²) in [6, 6.07) is -0.00551. The molecule has 10 heteroatoms. The zero-order valence-corrected chi connectivity index (χ0v) is 16.7. The molecule has 2 aromatic rings. The maximum absolute atomic E-state index is 12.5. The summed E-state index contributed by atoms with van der Waals surface area (Å²) in [5.41, 5.74) is 0.376. The summed E-state index contributed by atoms with van der Waals surface area (Å²) in [5.74, 6) is 0.610. The second-order valence-electron chi connectivity index (χ2n) is 6.83. The van der Waals surface area contributed by atoms with Crippen molar-refractivity contribution < 1.29 is 4.79 Å². The van der Waals surface area contributed by atoms with Crippen LogP contribution in [0.25, 0.3) is 0 Å². The molecule has 0 aromatic carbocycles. The Morgan fingerprint density at radius 3 is 2.74 bits per heavy atom. The van der Waals surface area contributed by atoms with Crippen molar-refractivity contribution in [3.05, 3.63) is 34.3 Å². The van der Waals surface area contributed by atoms with Gasteiger partial charge in [-0.3, -0.25) is 9.36 Å². The Morgan fingerprint density at radius 1 is 1.33 bits per heavy atom. The number of thioether (sulfide) groups is 1. The molecule has 0 saturated heterocycles. The molecule has 3 heterocycles. The predicted octanol–water partition coefficient (Wildman–Crippen LogP) is 0.253. The molecule has 9 nitrogen and oxygen atoms in total. The Bertz CT molecular complexity index is 844. The van der Waals surface area contributed by atoms with Crippen LogP contribution >= 0.6 is 11.8 Å². The summed E-state index contributed by atoms with van der Waals surface area (Å²) < 4.78 is 3.27. The molecular formula is C17H25N7O2S. The fraction of sp³-hybridized carbons (Fsp3) is 0.588. The highest BCUT2D eigenvalue weighted by molar-refractivity contribution is 7.98. The average Bonchev–Trinajstić information content (AvgIpc) is 2.83. The molecule has 2 aromatic heterocycles. The topological polar surface area (TPSA) is 97.9 Å². The Labute approximate surface area is 162 Å². The third-order valence-electron chi connectivity index (χ3n) is 4.58. The quantitative estimate of drug-likeness (QED) is 0.557. The second-order valence-corrected chi connectivity index (χ2v) is 7.61. The van der Waals surface area contributed by atoms with Gasteiger partial charge in [0.05, 0.1) is 12.1 Å². The summed E-state index contributed by atoms with van der Waals surface area (Å²) in [7, 11) is 3.94. The molecule has 1 N–H and O–H groups in total. The number of carbonyl (C=O) groups excluding carboxylic acids is 1. The van der Waals surface area contributed by atoms with Gasteiger partial charge in [-0.25, -0.2) is 19.4 Å². The van der Waals surface area contributed by atoms with E-state index in [1.807, 2.05) is 25.3 Å². The largest absolute Gasteiger partial charge is 0.349 e. The van der Waals surface area contributed by atoms with E-state index in [4.69, 9.17) is 0 Å². The molecule has 0 fully saturated rings. The summed E-state index contributed by atoms with van der Waals surface area (Å²) in [5, 5.41) is 8.14. The highest BCUT2D eigenvalue weighted by Gasteiger charge is 2.22. The van der Waals surface area contributed by atoms with Crippen LogP contribution in [0.15, 0.2) is 22.3 Å². The maximum Gasteiger partial charge on any atom is 0.345 e. The second kappa shape index (κ2) is 8.66. The minimum absolute atomic E-state index is 0.00551. The summed E-state index contributed by atoms with van der Waals surface area (Å²) in [4.78, 5) is 35.2. The van der Waals surface area contributed by atoms with Crippen LogP contribution in [-0.2, 0) is 19.5 Å². The number of hydrogen-bond donors (Lipinski definition) is 1. The third kappa shape index (κ3) is 4.75. The smallest absolute Gasteiger partial charge is 0.345 e. The Balaban J connectivity index is 1.61. The lowest BCUT2D eigenvalue weighted by Crippen LogP contribution is -2.36. The highest BCUT2D eigenvalue weighted by Crippen LogP contribution is 2.13. The number of nitrogens with one attached hydrogen (secondary N) is 1. The van der Waals surface area contributed by atoms with Crippen molar-refractivity contribution in [1.29, 1.82) is 0 Å². The first-order valence-electron chi connectivity index (χ1n) is 8.96. The van der Waals surface area contributed by atoms with E-state index in [0.29, 0.717) is 36.7 Å². The Morgan fingerprint density at radius 2 is 2.07 bits per heavy atom. The van der Waals surface area contributed by atoms with Crippen LogP contribution in [0.3, 0.4) is 0 Å². The van der Waals surface area contributed by atoms with Crippen LogP contribution in [0.2, 0.25) is 0 Å². The van der Waals surface area contributed by atoms with E-state index in [-0.39, 0.29) is 17.6 Å². The van der Waals surface area contributed by atoms with Crippen molar-refractivity contribution >= 4 is 17.7 Å². The number of amides is 1. The van der Waals surface area contributed by atoms with Gasteiger partial charge in [-0.2, -0.15) is 5.10 Å². The van der Waals surface area contributed by atoms with Gasteiger partial charge in [-0.15, -0.1) is 0 Å². The van der Waals surface area contributed by atoms with E-state index in [1.165, 1.54) is 11.8 Å². The van der Waals surface area contributed by atoms with E-state index in [9.17, 15) is 9.59 Å². The number of carbonyl (C=O) groups is 1. The van der Waals surface area contributed by atoms with Crippen LogP contribution < -0.4 is 11.0 Å². The first kappa shape index (κ1) is 19.6. The lowest BCUT2D eigenvalue weighted by molar-refractivity contribution is 0.0932. The van der Waals surface area contributed by atoms with Gasteiger partial charge >= 0.3 is 5.69 Å². The summed E-state index contributed by atoms with van der Waals surface area (Å²) >= 11 is 1.43. The van der Waals surface area contributed by atoms with Crippen LogP contribution in [0.5, 0.6) is 0 Å². The fourth-order valence-electron chi connectivity index (χ4n) is 3.02. The van der Waals surface area contributed by atoms with Gasteiger partial charge in [-0.1, -0.05) is 11.8 Å². The SMILES string of the molecule is CSc1ncc(C(=O)NC2CCc3nn(CCN(C)C)c(=O)n3CC2)cn1. The van der Waals surface area contributed by atoms with Crippen molar-refractivity contribution in [2.75, 3.05) is 26.9 Å². The molecule has 1 atom stereocenters. The first-order valence-corrected chi connectivity index (χ1v) is 10.2. The van der Waals surface area contributed by atoms with E-state index < -0.39 is 0 Å². The fourth-order valence-corrected chi connectivity index (χ4v) is 3.34. The van der Waals surface area contributed by atoms with E-state index in [1.54, 1.807) is 21.6 Å². The van der Waals surface area contributed by atoms with Crippen LogP contribution in [0.1, 0.15) is 29.0 Å². The Hall–Kier alpha value is -2.20. The van der Waals surface area contributed by atoms with Crippen LogP contribution in [0, 0.1) is 0 Å². The third-order valence-corrected chi connectivity index (χ3v) is 5.16. The zero-order chi connectivity index (χ0) is 19.4. The van der Waals surface area contributed by atoms with Crippen molar-refractivity contribution in [3.8, 4) is 0 Å². The number of nitrogens with zero attached hydrogens (tertiary/aromatic N) is 6. The lowest BCUT2D eigenvalue weighted by Gasteiger charge is -2.16. The Kier molecular flexibility index (Phi) is 6.27. The number of aromatic nitrogens is 5. The van der Waals surface area contributed by atoms with Gasteiger partial charge in [0, 0.05) is 37.9 Å².